The van der Waals surface area contributed by atoms with Crippen molar-refractivity contribution >= 4 is 17.2 Å². The first-order chi connectivity index (χ1) is 6.39. The van der Waals surface area contributed by atoms with Crippen molar-refractivity contribution in [1.82, 2.24) is 10.3 Å². The minimum atomic E-state index is -0.820. The molecule has 0 aliphatic heterocycles. The monoisotopic (exact) mass is 213 g/mol. The van der Waals surface area contributed by atoms with Crippen LogP contribution < -0.4 is 11.1 Å². The van der Waals surface area contributed by atoms with E-state index in [4.69, 9.17) is 5.73 Å². The maximum atomic E-state index is 11.4. The number of aromatic nitrogens is 1. The lowest BCUT2D eigenvalue weighted by Gasteiger charge is -2.17. The zero-order valence-corrected chi connectivity index (χ0v) is 9.44. The topological polar surface area (TPSA) is 68.0 Å². The summed E-state index contributed by atoms with van der Waals surface area (Å²) in [6, 6.07) is 0. The van der Waals surface area contributed by atoms with Crippen LogP contribution >= 0.6 is 11.3 Å². The second-order valence-electron chi connectivity index (χ2n) is 3.75. The number of hydrogen-bond acceptors (Lipinski definition) is 4. The molecule has 0 unspecified atom stereocenters. The molecule has 0 bridgehead atoms. The second-order valence-corrected chi connectivity index (χ2v) is 5.07. The molecule has 0 aromatic carbocycles. The fourth-order valence-electron chi connectivity index (χ4n) is 0.882. The van der Waals surface area contributed by atoms with Crippen molar-refractivity contribution in [3.8, 4) is 0 Å². The maximum absolute atomic E-state index is 11.4. The average Bonchev–Trinajstić information content (AvgIpc) is 2.45. The number of nitrogens with zero attached hydrogens (tertiary/aromatic N) is 1. The minimum absolute atomic E-state index is 0.149. The summed E-state index contributed by atoms with van der Waals surface area (Å²) in [5.41, 5.74) is 4.80. The number of nitrogens with two attached hydrogens (primary N) is 1. The Bertz CT molecular complexity index is 327. The van der Waals surface area contributed by atoms with Gasteiger partial charge in [-0.3, -0.25) is 4.79 Å². The van der Waals surface area contributed by atoms with Crippen LogP contribution in [-0.2, 0) is 11.3 Å². The zero-order chi connectivity index (χ0) is 10.8. The number of thiazole rings is 1. The van der Waals surface area contributed by atoms with Crippen molar-refractivity contribution in [2.24, 2.45) is 5.73 Å². The summed E-state index contributed by atoms with van der Waals surface area (Å²) in [4.78, 5) is 16.5. The molecule has 4 nitrogen and oxygen atoms in total. The van der Waals surface area contributed by atoms with Gasteiger partial charge in [-0.2, -0.15) is 0 Å². The minimum Gasteiger partial charge on any atom is -0.350 e. The third kappa shape index (κ3) is 3.08. The summed E-state index contributed by atoms with van der Waals surface area (Å²) in [6.45, 7) is 5.80. The summed E-state index contributed by atoms with van der Waals surface area (Å²) in [6.07, 6.45) is 1.77. The lowest BCUT2D eigenvalue weighted by atomic mass is 10.1. The highest BCUT2D eigenvalue weighted by molar-refractivity contribution is 7.11. The normalized spacial score (nSPS) is 11.4. The Morgan fingerprint density at radius 1 is 1.71 bits per heavy atom. The third-order valence-corrected chi connectivity index (χ3v) is 2.59. The van der Waals surface area contributed by atoms with Crippen LogP contribution in [-0.4, -0.2) is 16.4 Å². The molecule has 0 atom stereocenters. The van der Waals surface area contributed by atoms with Gasteiger partial charge in [0.25, 0.3) is 0 Å². The Labute approximate surface area is 87.5 Å². The van der Waals surface area contributed by atoms with Crippen LogP contribution in [0.5, 0.6) is 0 Å². The van der Waals surface area contributed by atoms with Crippen LogP contribution in [0, 0.1) is 6.92 Å². The number of nitrogens with one attached hydrogen (secondary N) is 1. The fourth-order valence-corrected chi connectivity index (χ4v) is 1.62. The highest BCUT2D eigenvalue weighted by Gasteiger charge is 2.21. The number of carbonyl (C=O) groups is 1. The molecule has 0 aliphatic rings. The first kappa shape index (κ1) is 11.1. The largest absolute Gasteiger partial charge is 0.350 e. The number of aryl methyl sites for hydroxylation is 1. The van der Waals surface area contributed by atoms with E-state index in [-0.39, 0.29) is 5.91 Å². The molecule has 3 N–H and O–H groups in total. The van der Waals surface area contributed by atoms with E-state index in [9.17, 15) is 4.79 Å². The number of carbonyl (C=O) groups excluding carboxylic acids is 1. The SMILES string of the molecule is Cc1ncc(CNC(=O)C(C)(C)N)s1. The van der Waals surface area contributed by atoms with E-state index in [0.717, 1.165) is 9.88 Å². The van der Waals surface area contributed by atoms with E-state index in [0.29, 0.717) is 6.54 Å². The van der Waals surface area contributed by atoms with Crippen molar-refractivity contribution in [1.29, 1.82) is 0 Å². The molecule has 14 heavy (non-hydrogen) atoms. The molecular formula is C9H15N3OS. The number of rotatable bonds is 3. The molecule has 1 aromatic heterocycles. The van der Waals surface area contributed by atoms with Gasteiger partial charge >= 0.3 is 0 Å². The van der Waals surface area contributed by atoms with Gasteiger partial charge in [0.05, 0.1) is 17.1 Å². The molecule has 1 heterocycles. The molecule has 0 fully saturated rings. The Morgan fingerprint density at radius 2 is 2.36 bits per heavy atom. The van der Waals surface area contributed by atoms with Crippen LogP contribution in [0.2, 0.25) is 0 Å². The highest BCUT2D eigenvalue weighted by atomic mass is 32.1. The first-order valence-corrected chi connectivity index (χ1v) is 5.20. The van der Waals surface area contributed by atoms with E-state index in [1.165, 1.54) is 0 Å². The molecule has 0 saturated heterocycles. The maximum Gasteiger partial charge on any atom is 0.239 e. The van der Waals surface area contributed by atoms with Crippen LogP contribution in [0.25, 0.3) is 0 Å². The Balaban J connectivity index is 2.46. The fraction of sp³-hybridized carbons (Fsp3) is 0.556. The smallest absolute Gasteiger partial charge is 0.239 e. The number of amides is 1. The molecule has 1 amide bonds. The van der Waals surface area contributed by atoms with Crippen LogP contribution in [0.15, 0.2) is 6.20 Å². The van der Waals surface area contributed by atoms with Crippen LogP contribution in [0.4, 0.5) is 0 Å². The molecule has 0 spiro atoms. The molecule has 78 valence electrons. The standard InChI is InChI=1S/C9H15N3OS/c1-6-11-4-7(14-6)5-12-8(13)9(2,3)10/h4H,5,10H2,1-3H3,(H,12,13). The van der Waals surface area contributed by atoms with Gasteiger partial charge in [-0.1, -0.05) is 0 Å². The van der Waals surface area contributed by atoms with Crippen molar-refractivity contribution < 1.29 is 4.79 Å². The lowest BCUT2D eigenvalue weighted by molar-refractivity contribution is -0.125. The summed E-state index contributed by atoms with van der Waals surface area (Å²) < 4.78 is 0. The molecule has 0 aliphatic carbocycles. The van der Waals surface area contributed by atoms with Crippen LogP contribution in [0.1, 0.15) is 23.7 Å². The predicted octanol–water partition coefficient (Wildman–Crippen LogP) is 0.805. The number of hydrogen-bond donors (Lipinski definition) is 2. The van der Waals surface area contributed by atoms with Crippen molar-refractivity contribution in [3.63, 3.8) is 0 Å². The van der Waals surface area contributed by atoms with Gasteiger partial charge in [0.2, 0.25) is 5.91 Å². The van der Waals surface area contributed by atoms with Gasteiger partial charge in [-0.15, -0.1) is 11.3 Å². The van der Waals surface area contributed by atoms with Crippen molar-refractivity contribution in [3.05, 3.63) is 16.1 Å². The van der Waals surface area contributed by atoms with E-state index >= 15 is 0 Å². The van der Waals surface area contributed by atoms with Gasteiger partial charge < -0.3 is 11.1 Å². The second kappa shape index (κ2) is 4.06. The first-order valence-electron chi connectivity index (χ1n) is 4.38. The van der Waals surface area contributed by atoms with E-state index in [1.807, 2.05) is 6.92 Å². The van der Waals surface area contributed by atoms with Crippen LogP contribution in [0.3, 0.4) is 0 Å². The summed E-state index contributed by atoms with van der Waals surface area (Å²) >= 11 is 1.57. The molecule has 0 saturated carbocycles. The highest BCUT2D eigenvalue weighted by Crippen LogP contribution is 2.11. The summed E-state index contributed by atoms with van der Waals surface area (Å²) in [5, 5.41) is 3.76. The van der Waals surface area contributed by atoms with Gasteiger partial charge in [0, 0.05) is 11.1 Å². The van der Waals surface area contributed by atoms with E-state index in [2.05, 4.69) is 10.3 Å². The van der Waals surface area contributed by atoms with E-state index < -0.39 is 5.54 Å². The zero-order valence-electron chi connectivity index (χ0n) is 8.63. The van der Waals surface area contributed by atoms with Gasteiger partial charge in [0.15, 0.2) is 0 Å². The van der Waals surface area contributed by atoms with Gasteiger partial charge in [-0.05, 0) is 20.8 Å². The Hall–Kier alpha value is -0.940. The summed E-state index contributed by atoms with van der Waals surface area (Å²) in [7, 11) is 0. The quantitative estimate of drug-likeness (QED) is 0.780. The third-order valence-electron chi connectivity index (χ3n) is 1.68. The summed E-state index contributed by atoms with van der Waals surface area (Å²) in [5.74, 6) is -0.149. The van der Waals surface area contributed by atoms with E-state index in [1.54, 1.807) is 31.4 Å². The lowest BCUT2D eigenvalue weighted by Crippen LogP contribution is -2.48. The molecule has 0 radical (unpaired) electrons. The molecule has 5 heteroatoms. The molecular weight excluding hydrogens is 198 g/mol. The Kier molecular flexibility index (Phi) is 3.23. The van der Waals surface area contributed by atoms with Crippen molar-refractivity contribution in [2.75, 3.05) is 0 Å². The van der Waals surface area contributed by atoms with Crippen molar-refractivity contribution in [2.45, 2.75) is 32.9 Å². The predicted molar refractivity (Wildman–Crippen MR) is 57.0 cm³/mol. The Morgan fingerprint density at radius 3 is 2.79 bits per heavy atom. The molecule has 1 rings (SSSR count). The van der Waals surface area contributed by atoms with Gasteiger partial charge in [0.1, 0.15) is 0 Å². The molecule has 1 aromatic rings. The van der Waals surface area contributed by atoms with Gasteiger partial charge in [-0.25, -0.2) is 4.98 Å². The average molecular weight is 213 g/mol.